The average molecular weight is 199 g/mol. The summed E-state index contributed by atoms with van der Waals surface area (Å²) in [6, 6.07) is 0. The Kier molecular flexibility index (Phi) is 3.24. The van der Waals surface area contributed by atoms with Crippen LogP contribution in [0, 0.1) is 0 Å². The lowest BCUT2D eigenvalue weighted by atomic mass is 9.81. The smallest absolute Gasteiger partial charge is 0.0332 e. The Hall–Kier alpha value is -0.120. The van der Waals surface area contributed by atoms with Gasteiger partial charge in [-0.15, -0.1) is 0 Å². The van der Waals surface area contributed by atoms with E-state index in [0.29, 0.717) is 0 Å². The SMILES string of the molecule is CN(CCN)C(C)(C)C(C)(C)N1CC1. The molecule has 1 aliphatic rings. The normalized spacial score (nSPS) is 19.1. The summed E-state index contributed by atoms with van der Waals surface area (Å²) in [5.74, 6) is 0. The first kappa shape index (κ1) is 12.0. The van der Waals surface area contributed by atoms with Crippen molar-refractivity contribution in [1.29, 1.82) is 0 Å². The van der Waals surface area contributed by atoms with Gasteiger partial charge in [-0.3, -0.25) is 9.80 Å². The Balaban J connectivity index is 2.70. The maximum absolute atomic E-state index is 5.61. The minimum Gasteiger partial charge on any atom is -0.329 e. The Labute approximate surface area is 88.2 Å². The Morgan fingerprint density at radius 2 is 1.71 bits per heavy atom. The molecule has 1 fully saturated rings. The minimum absolute atomic E-state index is 0.170. The third-order valence-electron chi connectivity index (χ3n) is 4.15. The van der Waals surface area contributed by atoms with Gasteiger partial charge in [0.1, 0.15) is 0 Å². The van der Waals surface area contributed by atoms with Gasteiger partial charge in [-0.2, -0.15) is 0 Å². The van der Waals surface area contributed by atoms with Gasteiger partial charge in [-0.25, -0.2) is 0 Å². The highest BCUT2D eigenvalue weighted by Gasteiger charge is 2.47. The lowest BCUT2D eigenvalue weighted by Crippen LogP contribution is -2.60. The van der Waals surface area contributed by atoms with Crippen molar-refractivity contribution in [2.24, 2.45) is 5.73 Å². The highest BCUT2D eigenvalue weighted by atomic mass is 15.4. The molecule has 84 valence electrons. The van der Waals surface area contributed by atoms with E-state index < -0.39 is 0 Å². The van der Waals surface area contributed by atoms with Gasteiger partial charge in [-0.05, 0) is 34.7 Å². The molecule has 14 heavy (non-hydrogen) atoms. The number of hydrogen-bond acceptors (Lipinski definition) is 3. The molecule has 2 N–H and O–H groups in total. The van der Waals surface area contributed by atoms with Crippen molar-refractivity contribution >= 4 is 0 Å². The van der Waals surface area contributed by atoms with Gasteiger partial charge >= 0.3 is 0 Å². The van der Waals surface area contributed by atoms with Gasteiger partial charge in [0.15, 0.2) is 0 Å². The molecular weight excluding hydrogens is 174 g/mol. The Morgan fingerprint density at radius 1 is 1.21 bits per heavy atom. The quantitative estimate of drug-likeness (QED) is 0.663. The molecular formula is C11H25N3. The van der Waals surface area contributed by atoms with Crippen LogP contribution in [0.1, 0.15) is 27.7 Å². The van der Waals surface area contributed by atoms with Crippen LogP contribution in [0.5, 0.6) is 0 Å². The van der Waals surface area contributed by atoms with Crippen LogP contribution in [-0.4, -0.2) is 54.1 Å². The molecule has 0 saturated carbocycles. The van der Waals surface area contributed by atoms with Gasteiger partial charge < -0.3 is 5.73 Å². The summed E-state index contributed by atoms with van der Waals surface area (Å²) in [5, 5.41) is 0. The van der Waals surface area contributed by atoms with E-state index in [9.17, 15) is 0 Å². The fourth-order valence-corrected chi connectivity index (χ4v) is 1.94. The van der Waals surface area contributed by atoms with E-state index in [2.05, 4.69) is 44.5 Å². The fourth-order valence-electron chi connectivity index (χ4n) is 1.94. The van der Waals surface area contributed by atoms with Crippen molar-refractivity contribution in [3.8, 4) is 0 Å². The molecule has 3 nitrogen and oxygen atoms in total. The monoisotopic (exact) mass is 199 g/mol. The molecule has 1 rings (SSSR count). The zero-order valence-electron chi connectivity index (χ0n) is 10.3. The Bertz CT molecular complexity index is 195. The summed E-state index contributed by atoms with van der Waals surface area (Å²) in [6.07, 6.45) is 0. The zero-order chi connectivity index (χ0) is 11.0. The number of rotatable bonds is 5. The third kappa shape index (κ3) is 1.95. The molecule has 0 aromatic heterocycles. The topological polar surface area (TPSA) is 32.3 Å². The summed E-state index contributed by atoms with van der Waals surface area (Å²) in [6.45, 7) is 13.4. The summed E-state index contributed by atoms with van der Waals surface area (Å²) in [5.41, 5.74) is 6.01. The second kappa shape index (κ2) is 3.80. The van der Waals surface area contributed by atoms with Crippen LogP contribution in [0.25, 0.3) is 0 Å². The molecule has 0 spiro atoms. The van der Waals surface area contributed by atoms with Crippen molar-refractivity contribution in [3.05, 3.63) is 0 Å². The molecule has 1 saturated heterocycles. The van der Waals surface area contributed by atoms with Crippen LogP contribution in [0.3, 0.4) is 0 Å². The molecule has 0 radical (unpaired) electrons. The lowest BCUT2D eigenvalue weighted by molar-refractivity contribution is 0.0295. The van der Waals surface area contributed by atoms with Gasteiger partial charge in [0.05, 0.1) is 0 Å². The standard InChI is InChI=1S/C11H25N3/c1-10(2,13(5)7-6-12)11(3,4)14-8-9-14/h6-9,12H2,1-5H3. The molecule has 0 aliphatic carbocycles. The second-order valence-corrected chi connectivity index (χ2v) is 5.32. The first-order valence-electron chi connectivity index (χ1n) is 5.50. The molecule has 0 unspecified atom stereocenters. The van der Waals surface area contributed by atoms with E-state index in [1.165, 1.54) is 13.1 Å². The van der Waals surface area contributed by atoms with Gasteiger partial charge in [-0.1, -0.05) is 0 Å². The Morgan fingerprint density at radius 3 is 2.07 bits per heavy atom. The van der Waals surface area contributed by atoms with Crippen LogP contribution in [-0.2, 0) is 0 Å². The van der Waals surface area contributed by atoms with E-state index in [1.54, 1.807) is 0 Å². The van der Waals surface area contributed by atoms with E-state index in [1.807, 2.05) is 0 Å². The summed E-state index contributed by atoms with van der Waals surface area (Å²) >= 11 is 0. The maximum atomic E-state index is 5.61. The van der Waals surface area contributed by atoms with Crippen LogP contribution in [0.2, 0.25) is 0 Å². The largest absolute Gasteiger partial charge is 0.329 e. The second-order valence-electron chi connectivity index (χ2n) is 5.32. The van der Waals surface area contributed by atoms with Crippen molar-refractivity contribution < 1.29 is 0 Å². The molecule has 3 heteroatoms. The van der Waals surface area contributed by atoms with E-state index >= 15 is 0 Å². The molecule has 1 aliphatic heterocycles. The minimum atomic E-state index is 0.170. The lowest BCUT2D eigenvalue weighted by Gasteiger charge is -2.49. The predicted octanol–water partition coefficient (Wildman–Crippen LogP) is 0.750. The fraction of sp³-hybridized carbons (Fsp3) is 1.00. The summed E-state index contributed by atoms with van der Waals surface area (Å²) < 4.78 is 0. The van der Waals surface area contributed by atoms with Gasteiger partial charge in [0, 0.05) is 37.3 Å². The van der Waals surface area contributed by atoms with Crippen LogP contribution in [0.4, 0.5) is 0 Å². The first-order valence-corrected chi connectivity index (χ1v) is 5.50. The number of nitrogens with two attached hydrogens (primary N) is 1. The summed E-state index contributed by atoms with van der Waals surface area (Å²) in [7, 11) is 2.16. The van der Waals surface area contributed by atoms with Gasteiger partial charge in [0.25, 0.3) is 0 Å². The van der Waals surface area contributed by atoms with Gasteiger partial charge in [0.2, 0.25) is 0 Å². The number of nitrogens with zero attached hydrogens (tertiary/aromatic N) is 2. The zero-order valence-corrected chi connectivity index (χ0v) is 10.3. The third-order valence-corrected chi connectivity index (χ3v) is 4.15. The number of hydrogen-bond donors (Lipinski definition) is 1. The summed E-state index contributed by atoms with van der Waals surface area (Å²) in [4.78, 5) is 4.88. The predicted molar refractivity (Wildman–Crippen MR) is 61.4 cm³/mol. The molecule has 1 heterocycles. The molecule has 0 aromatic rings. The number of likely N-dealkylation sites (N-methyl/N-ethyl adjacent to an activating group) is 1. The van der Waals surface area contributed by atoms with Crippen molar-refractivity contribution in [3.63, 3.8) is 0 Å². The first-order chi connectivity index (χ1) is 6.34. The van der Waals surface area contributed by atoms with Crippen molar-refractivity contribution in [1.82, 2.24) is 9.80 Å². The average Bonchev–Trinajstić information content (AvgIpc) is 2.86. The molecule has 0 atom stereocenters. The van der Waals surface area contributed by atoms with Crippen LogP contribution < -0.4 is 5.73 Å². The van der Waals surface area contributed by atoms with E-state index in [0.717, 1.165) is 13.1 Å². The molecule has 0 bridgehead atoms. The van der Waals surface area contributed by atoms with Crippen LogP contribution >= 0.6 is 0 Å². The van der Waals surface area contributed by atoms with Crippen LogP contribution in [0.15, 0.2) is 0 Å². The van der Waals surface area contributed by atoms with Crippen molar-refractivity contribution in [2.45, 2.75) is 38.8 Å². The molecule has 0 aromatic carbocycles. The maximum Gasteiger partial charge on any atom is 0.0332 e. The molecule has 0 amide bonds. The van der Waals surface area contributed by atoms with E-state index in [-0.39, 0.29) is 11.1 Å². The highest BCUT2D eigenvalue weighted by Crippen LogP contribution is 2.35. The highest BCUT2D eigenvalue weighted by molar-refractivity contribution is 5.05. The van der Waals surface area contributed by atoms with Crippen molar-refractivity contribution in [2.75, 3.05) is 33.2 Å². The van der Waals surface area contributed by atoms with E-state index in [4.69, 9.17) is 5.73 Å².